The Morgan fingerprint density at radius 1 is 1.37 bits per heavy atom. The Labute approximate surface area is 115 Å². The number of piperazine rings is 1. The highest BCUT2D eigenvalue weighted by molar-refractivity contribution is 5.81. The summed E-state index contributed by atoms with van der Waals surface area (Å²) in [5.74, 6) is 1.20. The molecule has 2 rings (SSSR count). The number of rotatable bonds is 6. The van der Waals surface area contributed by atoms with E-state index in [9.17, 15) is 9.90 Å². The quantitative estimate of drug-likeness (QED) is 0.748. The summed E-state index contributed by atoms with van der Waals surface area (Å²) in [7, 11) is 0. The molecular formula is C14H26N2O3. The van der Waals surface area contributed by atoms with Crippen LogP contribution < -0.4 is 0 Å². The molecule has 2 fully saturated rings. The first-order valence-electron chi connectivity index (χ1n) is 7.38. The number of aliphatic hydroxyl groups excluding tert-OH is 1. The first-order chi connectivity index (χ1) is 9.11. The molecule has 0 aromatic carbocycles. The third-order valence-corrected chi connectivity index (χ3v) is 4.09. The van der Waals surface area contributed by atoms with Crippen LogP contribution in [0, 0.1) is 11.8 Å². The van der Waals surface area contributed by atoms with Crippen LogP contribution in [-0.2, 0) is 9.53 Å². The fraction of sp³-hybridized carbons (Fsp3) is 0.929. The van der Waals surface area contributed by atoms with E-state index in [-0.39, 0.29) is 5.92 Å². The standard InChI is InChI=1S/C14H26N2O3/c1-3-19-10-12(17)9-15-4-6-16(7-5-15)14(18)13-8-11(13)2/h11-13,17H,3-10H2,1-2H3/t11-,12+,13-/m0/s1. The summed E-state index contributed by atoms with van der Waals surface area (Å²) >= 11 is 0. The maximum atomic E-state index is 12.1. The van der Waals surface area contributed by atoms with Gasteiger partial charge in [-0.3, -0.25) is 9.69 Å². The first-order valence-corrected chi connectivity index (χ1v) is 7.38. The minimum atomic E-state index is -0.425. The molecule has 0 radical (unpaired) electrons. The van der Waals surface area contributed by atoms with Crippen LogP contribution in [0.1, 0.15) is 20.3 Å². The van der Waals surface area contributed by atoms with Crippen LogP contribution in [0.25, 0.3) is 0 Å². The van der Waals surface area contributed by atoms with Gasteiger partial charge in [-0.05, 0) is 19.3 Å². The van der Waals surface area contributed by atoms with Crippen LogP contribution in [-0.4, -0.2) is 72.9 Å². The van der Waals surface area contributed by atoms with Crippen molar-refractivity contribution in [3.05, 3.63) is 0 Å². The van der Waals surface area contributed by atoms with E-state index in [2.05, 4.69) is 11.8 Å². The molecule has 2 aliphatic rings. The lowest BCUT2D eigenvalue weighted by Crippen LogP contribution is -2.51. The Bertz CT molecular complexity index is 303. The molecule has 1 aliphatic carbocycles. The van der Waals surface area contributed by atoms with Gasteiger partial charge < -0.3 is 14.7 Å². The number of β-amino-alcohol motifs (C(OH)–C–C–N with tert-alkyl or cyclic N) is 1. The molecule has 0 unspecified atom stereocenters. The number of hydrogen-bond donors (Lipinski definition) is 1. The van der Waals surface area contributed by atoms with Crippen molar-refractivity contribution in [1.82, 2.24) is 9.80 Å². The number of amides is 1. The zero-order valence-electron chi connectivity index (χ0n) is 12.0. The number of nitrogens with zero attached hydrogens (tertiary/aromatic N) is 2. The number of hydrogen-bond acceptors (Lipinski definition) is 4. The van der Waals surface area contributed by atoms with Crippen molar-refractivity contribution < 1.29 is 14.6 Å². The molecule has 1 heterocycles. The molecule has 110 valence electrons. The van der Waals surface area contributed by atoms with Crippen molar-refractivity contribution in [3.63, 3.8) is 0 Å². The molecular weight excluding hydrogens is 244 g/mol. The summed E-state index contributed by atoms with van der Waals surface area (Å²) in [6.07, 6.45) is 0.636. The van der Waals surface area contributed by atoms with E-state index in [4.69, 9.17) is 4.74 Å². The Morgan fingerprint density at radius 3 is 2.53 bits per heavy atom. The van der Waals surface area contributed by atoms with Crippen molar-refractivity contribution in [2.24, 2.45) is 11.8 Å². The lowest BCUT2D eigenvalue weighted by atomic mass is 10.2. The second-order valence-corrected chi connectivity index (χ2v) is 5.76. The maximum Gasteiger partial charge on any atom is 0.226 e. The number of carbonyl (C=O) groups is 1. The van der Waals surface area contributed by atoms with Crippen LogP contribution in [0.3, 0.4) is 0 Å². The predicted octanol–water partition coefficient (Wildman–Crippen LogP) is 0.184. The average Bonchev–Trinajstić information content (AvgIpc) is 3.13. The average molecular weight is 270 g/mol. The Morgan fingerprint density at radius 2 is 2.00 bits per heavy atom. The molecule has 0 bridgehead atoms. The first kappa shape index (κ1) is 14.8. The van der Waals surface area contributed by atoms with Gasteiger partial charge in [0.1, 0.15) is 0 Å². The van der Waals surface area contributed by atoms with Gasteiger partial charge in [-0.15, -0.1) is 0 Å². The van der Waals surface area contributed by atoms with Crippen molar-refractivity contribution >= 4 is 5.91 Å². The van der Waals surface area contributed by atoms with E-state index < -0.39 is 6.10 Å². The number of carbonyl (C=O) groups excluding carboxylic acids is 1. The van der Waals surface area contributed by atoms with Gasteiger partial charge in [-0.2, -0.15) is 0 Å². The van der Waals surface area contributed by atoms with E-state index in [1.54, 1.807) is 0 Å². The van der Waals surface area contributed by atoms with Gasteiger partial charge in [0.25, 0.3) is 0 Å². The minimum Gasteiger partial charge on any atom is -0.389 e. The van der Waals surface area contributed by atoms with Crippen molar-refractivity contribution in [1.29, 1.82) is 0 Å². The van der Waals surface area contributed by atoms with Gasteiger partial charge in [0.15, 0.2) is 0 Å². The smallest absolute Gasteiger partial charge is 0.226 e. The number of ether oxygens (including phenoxy) is 1. The summed E-state index contributed by atoms with van der Waals surface area (Å²) in [5.41, 5.74) is 0. The molecule has 5 heteroatoms. The van der Waals surface area contributed by atoms with Crippen LogP contribution >= 0.6 is 0 Å². The SMILES string of the molecule is CCOC[C@H](O)CN1CCN(C(=O)[C@H]2C[C@@H]2C)CC1. The molecule has 19 heavy (non-hydrogen) atoms. The van der Waals surface area contributed by atoms with E-state index in [1.165, 1.54) is 0 Å². The summed E-state index contributed by atoms with van der Waals surface area (Å²) in [5, 5.41) is 9.79. The van der Waals surface area contributed by atoms with Crippen molar-refractivity contribution in [2.45, 2.75) is 26.4 Å². The molecule has 1 saturated carbocycles. The molecule has 0 spiro atoms. The summed E-state index contributed by atoms with van der Waals surface area (Å²) in [6, 6.07) is 0. The summed E-state index contributed by atoms with van der Waals surface area (Å²) < 4.78 is 5.21. The zero-order chi connectivity index (χ0) is 13.8. The molecule has 3 atom stereocenters. The van der Waals surface area contributed by atoms with E-state index in [1.807, 2.05) is 11.8 Å². The molecule has 1 saturated heterocycles. The van der Waals surface area contributed by atoms with Gasteiger partial charge >= 0.3 is 0 Å². The van der Waals surface area contributed by atoms with E-state index in [0.29, 0.717) is 31.6 Å². The van der Waals surface area contributed by atoms with Gasteiger partial charge in [-0.25, -0.2) is 0 Å². The molecule has 0 aromatic rings. The van der Waals surface area contributed by atoms with E-state index in [0.717, 1.165) is 32.6 Å². The Hall–Kier alpha value is -0.650. The van der Waals surface area contributed by atoms with Gasteiger partial charge in [0, 0.05) is 45.2 Å². The highest BCUT2D eigenvalue weighted by Gasteiger charge is 2.41. The van der Waals surface area contributed by atoms with Crippen LogP contribution in [0.4, 0.5) is 0 Å². The highest BCUT2D eigenvalue weighted by Crippen LogP contribution is 2.39. The second kappa shape index (κ2) is 6.68. The van der Waals surface area contributed by atoms with Gasteiger partial charge in [-0.1, -0.05) is 6.92 Å². The van der Waals surface area contributed by atoms with Gasteiger partial charge in [0.2, 0.25) is 5.91 Å². The number of aliphatic hydroxyl groups is 1. The fourth-order valence-electron chi connectivity index (χ4n) is 2.66. The molecule has 1 amide bonds. The lowest BCUT2D eigenvalue weighted by Gasteiger charge is -2.35. The molecule has 1 N–H and O–H groups in total. The Balaban J connectivity index is 1.66. The third-order valence-electron chi connectivity index (χ3n) is 4.09. The summed E-state index contributed by atoms with van der Waals surface area (Å²) in [6.45, 7) is 9.05. The minimum absolute atomic E-state index is 0.287. The fourth-order valence-corrected chi connectivity index (χ4v) is 2.66. The monoisotopic (exact) mass is 270 g/mol. The third kappa shape index (κ3) is 4.16. The second-order valence-electron chi connectivity index (χ2n) is 5.76. The highest BCUT2D eigenvalue weighted by atomic mass is 16.5. The molecule has 0 aromatic heterocycles. The van der Waals surface area contributed by atoms with Crippen molar-refractivity contribution in [3.8, 4) is 0 Å². The van der Waals surface area contributed by atoms with E-state index >= 15 is 0 Å². The maximum absolute atomic E-state index is 12.1. The predicted molar refractivity (Wildman–Crippen MR) is 72.8 cm³/mol. The Kier molecular flexibility index (Phi) is 5.19. The topological polar surface area (TPSA) is 53.0 Å². The lowest BCUT2D eigenvalue weighted by molar-refractivity contribution is -0.134. The van der Waals surface area contributed by atoms with Crippen LogP contribution in [0.2, 0.25) is 0 Å². The summed E-state index contributed by atoms with van der Waals surface area (Å²) in [4.78, 5) is 16.3. The van der Waals surface area contributed by atoms with Crippen LogP contribution in [0.15, 0.2) is 0 Å². The van der Waals surface area contributed by atoms with Crippen molar-refractivity contribution in [2.75, 3.05) is 45.9 Å². The molecule has 1 aliphatic heterocycles. The van der Waals surface area contributed by atoms with Crippen LogP contribution in [0.5, 0.6) is 0 Å². The normalized spacial score (nSPS) is 29.3. The zero-order valence-corrected chi connectivity index (χ0v) is 12.0. The largest absolute Gasteiger partial charge is 0.389 e. The van der Waals surface area contributed by atoms with Gasteiger partial charge in [0.05, 0.1) is 12.7 Å². The molecule has 5 nitrogen and oxygen atoms in total.